The third kappa shape index (κ3) is 6.38. The molecule has 0 spiro atoms. The first kappa shape index (κ1) is 25.8. The molecule has 1 unspecified atom stereocenters. The third-order valence-electron chi connectivity index (χ3n) is 5.57. The van der Waals surface area contributed by atoms with Gasteiger partial charge in [0.1, 0.15) is 12.6 Å². The second-order valence-corrected chi connectivity index (χ2v) is 8.02. The van der Waals surface area contributed by atoms with E-state index in [4.69, 9.17) is 9.47 Å². The fraction of sp³-hybridized carbons (Fsp3) is 0.417. The van der Waals surface area contributed by atoms with Gasteiger partial charge in [-0.3, -0.25) is 34.2 Å². The minimum absolute atomic E-state index is 0.0290. The van der Waals surface area contributed by atoms with Gasteiger partial charge in [0.05, 0.1) is 23.4 Å². The zero-order valence-corrected chi connectivity index (χ0v) is 19.2. The van der Waals surface area contributed by atoms with Crippen LogP contribution < -0.4 is 10.6 Å². The van der Waals surface area contributed by atoms with Gasteiger partial charge in [-0.1, -0.05) is 19.1 Å². The van der Waals surface area contributed by atoms with Gasteiger partial charge in [0.15, 0.2) is 0 Å². The highest BCUT2D eigenvalue weighted by Crippen LogP contribution is 2.32. The van der Waals surface area contributed by atoms with Crippen LogP contribution in [0.3, 0.4) is 0 Å². The zero-order valence-electron chi connectivity index (χ0n) is 19.2. The average molecular weight is 485 g/mol. The first-order chi connectivity index (χ1) is 16.8. The molecule has 1 aromatic rings. The van der Waals surface area contributed by atoms with Gasteiger partial charge in [0.25, 0.3) is 11.8 Å². The van der Waals surface area contributed by atoms with Crippen LogP contribution in [-0.2, 0) is 28.7 Å². The molecule has 1 atom stereocenters. The number of benzene rings is 1. The summed E-state index contributed by atoms with van der Waals surface area (Å²) in [6.07, 6.45) is 3.41. The van der Waals surface area contributed by atoms with Crippen LogP contribution in [0.5, 0.6) is 0 Å². The van der Waals surface area contributed by atoms with E-state index in [2.05, 4.69) is 17.2 Å². The number of carbonyl (C=O) groups is 6. The summed E-state index contributed by atoms with van der Waals surface area (Å²) in [7, 11) is 0. The van der Waals surface area contributed by atoms with Gasteiger partial charge in [-0.25, -0.2) is 4.79 Å². The van der Waals surface area contributed by atoms with Gasteiger partial charge in [0, 0.05) is 25.5 Å². The predicted molar refractivity (Wildman–Crippen MR) is 122 cm³/mol. The number of fused-ring (bicyclic) bond motifs is 1. The maximum absolute atomic E-state index is 13.0. The van der Waals surface area contributed by atoms with Gasteiger partial charge in [-0.2, -0.15) is 0 Å². The summed E-state index contributed by atoms with van der Waals surface area (Å²) in [5, 5.41) is 4.84. The molecule has 0 bridgehead atoms. The molecule has 11 heteroatoms. The lowest BCUT2D eigenvalue weighted by Crippen LogP contribution is -2.54. The Morgan fingerprint density at radius 2 is 1.89 bits per heavy atom. The first-order valence-corrected chi connectivity index (χ1v) is 11.3. The molecule has 2 heterocycles. The van der Waals surface area contributed by atoms with Gasteiger partial charge in [-0.15, -0.1) is 0 Å². The molecule has 35 heavy (non-hydrogen) atoms. The Hall–Kier alpha value is -3.86. The SMILES string of the molecule is C=CC(=O)OCCOCCCCCC(=O)Nc1cccc2c1C(=O)N(C1CCC(=O)NC1=O)C2=O. The van der Waals surface area contributed by atoms with E-state index in [1.807, 2.05) is 0 Å². The highest BCUT2D eigenvalue weighted by atomic mass is 16.6. The van der Waals surface area contributed by atoms with Crippen molar-refractivity contribution in [2.45, 2.75) is 44.6 Å². The predicted octanol–water partition coefficient (Wildman–Crippen LogP) is 1.33. The Kier molecular flexibility index (Phi) is 8.85. The van der Waals surface area contributed by atoms with E-state index < -0.39 is 35.6 Å². The van der Waals surface area contributed by atoms with Crippen LogP contribution in [-0.4, -0.2) is 66.3 Å². The molecule has 1 aromatic carbocycles. The van der Waals surface area contributed by atoms with Gasteiger partial charge >= 0.3 is 5.97 Å². The number of nitrogens with zero attached hydrogens (tertiary/aromatic N) is 1. The van der Waals surface area contributed by atoms with Crippen molar-refractivity contribution in [1.82, 2.24) is 10.2 Å². The van der Waals surface area contributed by atoms with Crippen molar-refractivity contribution < 1.29 is 38.2 Å². The number of hydrogen-bond donors (Lipinski definition) is 2. The molecule has 0 aromatic heterocycles. The second kappa shape index (κ2) is 12.0. The molecule has 5 amide bonds. The monoisotopic (exact) mass is 485 g/mol. The molecule has 3 rings (SSSR count). The van der Waals surface area contributed by atoms with Crippen molar-refractivity contribution in [3.63, 3.8) is 0 Å². The van der Waals surface area contributed by atoms with Gasteiger partial charge in [-0.05, 0) is 31.4 Å². The Morgan fingerprint density at radius 1 is 1.09 bits per heavy atom. The van der Waals surface area contributed by atoms with Crippen LogP contribution in [0.4, 0.5) is 5.69 Å². The van der Waals surface area contributed by atoms with Crippen LogP contribution in [0.25, 0.3) is 0 Å². The smallest absolute Gasteiger partial charge is 0.330 e. The molecule has 1 saturated heterocycles. The van der Waals surface area contributed by atoms with Crippen molar-refractivity contribution in [3.8, 4) is 0 Å². The Morgan fingerprint density at radius 3 is 2.63 bits per heavy atom. The Balaban J connectivity index is 1.47. The van der Waals surface area contributed by atoms with E-state index in [0.717, 1.165) is 23.8 Å². The molecule has 186 valence electrons. The molecule has 0 aliphatic carbocycles. The number of amides is 5. The molecular formula is C24H27N3O8. The van der Waals surface area contributed by atoms with Crippen molar-refractivity contribution in [3.05, 3.63) is 42.0 Å². The summed E-state index contributed by atoms with van der Waals surface area (Å²) in [4.78, 5) is 73.7. The number of hydrogen-bond acceptors (Lipinski definition) is 8. The van der Waals surface area contributed by atoms with E-state index >= 15 is 0 Å². The lowest BCUT2D eigenvalue weighted by molar-refractivity contribution is -0.139. The van der Waals surface area contributed by atoms with Gasteiger partial charge < -0.3 is 14.8 Å². The van der Waals surface area contributed by atoms with E-state index in [1.54, 1.807) is 6.07 Å². The summed E-state index contributed by atoms with van der Waals surface area (Å²) in [5.41, 5.74) is 0.354. The van der Waals surface area contributed by atoms with E-state index in [1.165, 1.54) is 12.1 Å². The lowest BCUT2D eigenvalue weighted by Gasteiger charge is -2.27. The molecule has 11 nitrogen and oxygen atoms in total. The lowest BCUT2D eigenvalue weighted by atomic mass is 10.0. The highest BCUT2D eigenvalue weighted by Gasteiger charge is 2.45. The standard InChI is InChI=1S/C24H27N3O8/c1-2-20(30)35-14-13-34-12-5-3-4-9-18(28)25-16-8-6-7-15-21(16)24(33)27(23(15)32)17-10-11-19(29)26-22(17)31/h2,6-8,17H,1,3-5,9-14H2,(H,25,28)(H,26,29,31). The molecule has 0 saturated carbocycles. The molecule has 2 aliphatic rings. The maximum atomic E-state index is 13.0. The highest BCUT2D eigenvalue weighted by molar-refractivity contribution is 6.26. The van der Waals surface area contributed by atoms with Crippen molar-refractivity contribution >= 4 is 41.2 Å². The normalized spacial score (nSPS) is 17.1. The number of ether oxygens (including phenoxy) is 2. The molecule has 1 fully saturated rings. The zero-order chi connectivity index (χ0) is 25.4. The topological polar surface area (TPSA) is 148 Å². The number of rotatable bonds is 12. The average Bonchev–Trinajstić information content (AvgIpc) is 3.08. The number of nitrogens with one attached hydrogen (secondary N) is 2. The summed E-state index contributed by atoms with van der Waals surface area (Å²) in [6.45, 7) is 4.19. The largest absolute Gasteiger partial charge is 0.460 e. The van der Waals surface area contributed by atoms with E-state index in [0.29, 0.717) is 13.0 Å². The van der Waals surface area contributed by atoms with Crippen LogP contribution in [0.1, 0.15) is 59.2 Å². The van der Waals surface area contributed by atoms with Crippen molar-refractivity contribution in [2.75, 3.05) is 25.1 Å². The summed E-state index contributed by atoms with van der Waals surface area (Å²) >= 11 is 0. The second-order valence-electron chi connectivity index (χ2n) is 8.02. The summed E-state index contributed by atoms with van der Waals surface area (Å²) < 4.78 is 10.1. The summed E-state index contributed by atoms with van der Waals surface area (Å²) in [6, 6.07) is 3.48. The molecule has 2 N–H and O–H groups in total. The van der Waals surface area contributed by atoms with E-state index in [-0.39, 0.29) is 55.2 Å². The number of unbranched alkanes of at least 4 members (excludes halogenated alkanes) is 2. The number of anilines is 1. The third-order valence-corrected chi connectivity index (χ3v) is 5.57. The Labute approximate surface area is 201 Å². The minimum atomic E-state index is -1.07. The minimum Gasteiger partial charge on any atom is -0.460 e. The quantitative estimate of drug-likeness (QED) is 0.195. The maximum Gasteiger partial charge on any atom is 0.330 e. The van der Waals surface area contributed by atoms with Crippen LogP contribution in [0.15, 0.2) is 30.9 Å². The molecule has 2 aliphatic heterocycles. The number of carbonyl (C=O) groups excluding carboxylic acids is 6. The van der Waals surface area contributed by atoms with Crippen LogP contribution in [0, 0.1) is 0 Å². The Bertz CT molecular complexity index is 1050. The van der Waals surface area contributed by atoms with Gasteiger partial charge in [0.2, 0.25) is 17.7 Å². The number of imide groups is 2. The first-order valence-electron chi connectivity index (χ1n) is 11.3. The fourth-order valence-electron chi connectivity index (χ4n) is 3.86. The fourth-order valence-corrected chi connectivity index (χ4v) is 3.86. The number of esters is 1. The number of piperidine rings is 1. The molecule has 0 radical (unpaired) electrons. The van der Waals surface area contributed by atoms with Crippen molar-refractivity contribution in [1.29, 1.82) is 0 Å². The molecular weight excluding hydrogens is 458 g/mol. The summed E-state index contributed by atoms with van der Waals surface area (Å²) in [5.74, 6) is -3.26. The van der Waals surface area contributed by atoms with E-state index in [9.17, 15) is 28.8 Å². The van der Waals surface area contributed by atoms with Crippen molar-refractivity contribution in [2.24, 2.45) is 0 Å². The van der Waals surface area contributed by atoms with Crippen LogP contribution in [0.2, 0.25) is 0 Å². The van der Waals surface area contributed by atoms with Crippen LogP contribution >= 0.6 is 0 Å².